The number of Topliss-reactive ketones (excluding diaryl/α,β-unsaturated/α-hetero) is 3. The lowest BCUT2D eigenvalue weighted by molar-refractivity contribution is -0.238. The molecule has 0 aromatic heterocycles. The fraction of sp³-hybridized carbons (Fsp3) is 0.774. The van der Waals surface area contributed by atoms with Gasteiger partial charge >= 0.3 is 0 Å². The molecule has 1 heterocycles. The third-order valence-corrected chi connectivity index (χ3v) is 10.4. The van der Waals surface area contributed by atoms with E-state index >= 15 is 0 Å². The minimum atomic E-state index is -1.39. The predicted octanol–water partition coefficient (Wildman–Crippen LogP) is 5.64. The molecule has 1 saturated heterocycles. The van der Waals surface area contributed by atoms with Gasteiger partial charge in [-0.2, -0.15) is 0 Å². The Balaban J connectivity index is 2.04. The molecular weight excluding hydrogens is 452 g/mol. The molecule has 36 heavy (non-hydrogen) atoms. The van der Waals surface area contributed by atoms with Crippen molar-refractivity contribution >= 4 is 17.3 Å². The molecule has 4 aliphatic rings. The number of allylic oxidation sites excluding steroid dienone is 4. The van der Waals surface area contributed by atoms with E-state index in [2.05, 4.69) is 26.8 Å². The van der Waals surface area contributed by atoms with Crippen molar-refractivity contribution in [3.05, 3.63) is 23.3 Å². The Kier molecular flexibility index (Phi) is 6.65. The first-order valence-corrected chi connectivity index (χ1v) is 13.8. The summed E-state index contributed by atoms with van der Waals surface area (Å²) in [6.07, 6.45) is 5.83. The Morgan fingerprint density at radius 3 is 2.17 bits per heavy atom. The average Bonchev–Trinajstić information content (AvgIpc) is 2.91. The number of rotatable bonds is 5. The topological polar surface area (TPSA) is 80.7 Å². The molecule has 3 aliphatic carbocycles. The minimum absolute atomic E-state index is 0.0168. The number of carbonyl (C=O) groups excluding carboxylic acids is 3. The lowest BCUT2D eigenvalue weighted by Crippen LogP contribution is -2.76. The van der Waals surface area contributed by atoms with Crippen LogP contribution in [0.2, 0.25) is 0 Å². The van der Waals surface area contributed by atoms with Crippen LogP contribution < -0.4 is 0 Å². The van der Waals surface area contributed by atoms with E-state index in [-0.39, 0.29) is 29.2 Å². The van der Waals surface area contributed by atoms with Crippen LogP contribution in [0.1, 0.15) is 94.4 Å². The Morgan fingerprint density at radius 2 is 1.61 bits per heavy atom. The SMILES string of the molecule is CC(C)=CCC1C(=O)[C@@]2(C)C[C@H](CC=C(C)C)[C@@]3(C)CCC4[C@H](C(C)(C)O)OC1[C@@]3(C(=O)[C@@H]4C)C2=O. The van der Waals surface area contributed by atoms with Gasteiger partial charge in [-0.3, -0.25) is 14.4 Å². The molecule has 3 saturated carbocycles. The van der Waals surface area contributed by atoms with Crippen LogP contribution in [0.5, 0.6) is 0 Å². The molecule has 3 unspecified atom stereocenters. The average molecular weight is 499 g/mol. The maximum Gasteiger partial charge on any atom is 0.162 e. The second-order valence-electron chi connectivity index (χ2n) is 13.8. The number of ether oxygens (including phenoxy) is 1. The number of carbonyl (C=O) groups is 3. The van der Waals surface area contributed by atoms with E-state index < -0.39 is 45.9 Å². The first kappa shape index (κ1) is 27.4. The fourth-order valence-electron chi connectivity index (χ4n) is 8.42. The Morgan fingerprint density at radius 1 is 1.03 bits per heavy atom. The highest BCUT2D eigenvalue weighted by molar-refractivity contribution is 6.22. The van der Waals surface area contributed by atoms with E-state index in [1.54, 1.807) is 20.8 Å². The smallest absolute Gasteiger partial charge is 0.162 e. The summed E-state index contributed by atoms with van der Waals surface area (Å²) in [5.41, 5.74) is -2.13. The predicted molar refractivity (Wildman–Crippen MR) is 140 cm³/mol. The molecule has 5 heteroatoms. The van der Waals surface area contributed by atoms with Crippen LogP contribution in [0.3, 0.4) is 0 Å². The van der Waals surface area contributed by atoms with Crippen LogP contribution in [0.25, 0.3) is 0 Å². The molecule has 0 radical (unpaired) electrons. The summed E-state index contributed by atoms with van der Waals surface area (Å²) in [5.74, 6) is -1.58. The summed E-state index contributed by atoms with van der Waals surface area (Å²) in [5, 5.41) is 11.2. The summed E-state index contributed by atoms with van der Waals surface area (Å²) in [6.45, 7) is 17.4. The molecule has 1 spiro atoms. The summed E-state index contributed by atoms with van der Waals surface area (Å²) in [7, 11) is 0. The molecule has 0 aromatic carbocycles. The Hall–Kier alpha value is -1.59. The van der Waals surface area contributed by atoms with E-state index in [1.165, 1.54) is 5.57 Å². The molecule has 0 amide bonds. The highest BCUT2D eigenvalue weighted by Gasteiger charge is 2.80. The summed E-state index contributed by atoms with van der Waals surface area (Å²) >= 11 is 0. The maximum absolute atomic E-state index is 14.8. The first-order valence-electron chi connectivity index (χ1n) is 13.8. The number of hydrogen-bond donors (Lipinski definition) is 1. The number of aliphatic hydroxyl groups is 1. The van der Waals surface area contributed by atoms with Gasteiger partial charge in [0.15, 0.2) is 17.3 Å². The lowest BCUT2D eigenvalue weighted by Gasteiger charge is -2.65. The summed E-state index contributed by atoms with van der Waals surface area (Å²) in [4.78, 5) is 43.7. The van der Waals surface area contributed by atoms with Crippen LogP contribution in [0, 0.1) is 39.9 Å². The zero-order chi connectivity index (χ0) is 27.0. The van der Waals surface area contributed by atoms with Crippen molar-refractivity contribution in [1.82, 2.24) is 0 Å². The van der Waals surface area contributed by atoms with Gasteiger partial charge < -0.3 is 9.84 Å². The molecule has 4 fully saturated rings. The first-order chi connectivity index (χ1) is 16.5. The molecule has 0 aromatic rings. The largest absolute Gasteiger partial charge is 0.388 e. The van der Waals surface area contributed by atoms with E-state index in [4.69, 9.17) is 4.74 Å². The van der Waals surface area contributed by atoms with Gasteiger partial charge in [0.25, 0.3) is 0 Å². The van der Waals surface area contributed by atoms with Gasteiger partial charge in [0.05, 0.1) is 23.2 Å². The van der Waals surface area contributed by atoms with E-state index in [9.17, 15) is 19.5 Å². The summed E-state index contributed by atoms with van der Waals surface area (Å²) < 4.78 is 6.84. The Bertz CT molecular complexity index is 1020. The van der Waals surface area contributed by atoms with Gasteiger partial charge in [0.2, 0.25) is 0 Å². The summed E-state index contributed by atoms with van der Waals surface area (Å²) in [6, 6.07) is 0. The number of ketones is 3. The van der Waals surface area contributed by atoms with E-state index in [0.717, 1.165) is 12.0 Å². The van der Waals surface area contributed by atoms with Crippen molar-refractivity contribution in [1.29, 1.82) is 0 Å². The van der Waals surface area contributed by atoms with Crippen molar-refractivity contribution in [3.8, 4) is 0 Å². The van der Waals surface area contributed by atoms with Gasteiger partial charge in [0.1, 0.15) is 5.41 Å². The van der Waals surface area contributed by atoms with Crippen LogP contribution in [-0.2, 0) is 19.1 Å². The molecule has 4 rings (SSSR count). The zero-order valence-electron chi connectivity index (χ0n) is 23.7. The van der Waals surface area contributed by atoms with Crippen LogP contribution in [0.4, 0.5) is 0 Å². The number of fused-ring (bicyclic) bond motifs is 3. The van der Waals surface area contributed by atoms with Crippen molar-refractivity contribution < 1.29 is 24.2 Å². The molecule has 9 atom stereocenters. The lowest BCUT2D eigenvalue weighted by atomic mass is 9.37. The van der Waals surface area contributed by atoms with Gasteiger partial charge in [-0.05, 0) is 97.8 Å². The molecule has 3 bridgehead atoms. The van der Waals surface area contributed by atoms with Crippen LogP contribution in [-0.4, -0.2) is 40.3 Å². The normalized spacial score (nSPS) is 44.1. The quantitative estimate of drug-likeness (QED) is 0.392. The van der Waals surface area contributed by atoms with Crippen LogP contribution in [0.15, 0.2) is 23.3 Å². The van der Waals surface area contributed by atoms with Crippen LogP contribution >= 0.6 is 0 Å². The third kappa shape index (κ3) is 3.59. The molecule has 1 N–H and O–H groups in total. The highest BCUT2D eigenvalue weighted by atomic mass is 16.5. The Labute approximate surface area is 217 Å². The van der Waals surface area contributed by atoms with Gasteiger partial charge in [0, 0.05) is 11.8 Å². The molecule has 1 aliphatic heterocycles. The van der Waals surface area contributed by atoms with Crippen molar-refractivity contribution in [3.63, 3.8) is 0 Å². The minimum Gasteiger partial charge on any atom is -0.388 e. The third-order valence-electron chi connectivity index (χ3n) is 10.4. The zero-order valence-corrected chi connectivity index (χ0v) is 23.7. The monoisotopic (exact) mass is 498 g/mol. The number of hydrogen-bond acceptors (Lipinski definition) is 5. The van der Waals surface area contributed by atoms with Gasteiger partial charge in [-0.25, -0.2) is 0 Å². The van der Waals surface area contributed by atoms with E-state index in [0.29, 0.717) is 25.7 Å². The molecule has 200 valence electrons. The second-order valence-corrected chi connectivity index (χ2v) is 13.8. The van der Waals surface area contributed by atoms with Crippen molar-refractivity contribution in [2.24, 2.45) is 39.9 Å². The fourth-order valence-corrected chi connectivity index (χ4v) is 8.42. The van der Waals surface area contributed by atoms with Crippen molar-refractivity contribution in [2.75, 3.05) is 0 Å². The van der Waals surface area contributed by atoms with E-state index in [1.807, 2.05) is 26.8 Å². The van der Waals surface area contributed by atoms with Crippen molar-refractivity contribution in [2.45, 2.75) is 112 Å². The second kappa shape index (κ2) is 8.73. The molecular formula is C31H46O5. The standard InChI is InChI=1S/C31H46O5/c1-17(2)10-12-20-16-29(8)24(33)22(13-11-18(3)4)26-31(27(29)34)23(32)19(5)21(14-15-30(20,31)9)25(36-26)28(6,7)35/h10-11,19-22,25-26,35H,12-16H2,1-9H3/t19-,20+,21?,22?,25-,26?,29-,30-,31+/m1/s1. The maximum atomic E-state index is 14.8. The van der Waals surface area contributed by atoms with Gasteiger partial charge in [-0.15, -0.1) is 0 Å². The molecule has 5 nitrogen and oxygen atoms in total. The highest BCUT2D eigenvalue weighted by Crippen LogP contribution is 2.70. The van der Waals surface area contributed by atoms with Gasteiger partial charge in [-0.1, -0.05) is 37.1 Å².